The first-order valence-electron chi connectivity index (χ1n) is 10.6. The van der Waals surface area contributed by atoms with Crippen LogP contribution in [0.4, 0.5) is 11.6 Å². The molecule has 4 aromatic rings. The molecule has 168 valence electrons. The van der Waals surface area contributed by atoms with E-state index in [2.05, 4.69) is 63.1 Å². The normalized spacial score (nSPS) is 11.1. The highest BCUT2D eigenvalue weighted by Crippen LogP contribution is 2.25. The fourth-order valence-electron chi connectivity index (χ4n) is 2.95. The molecule has 8 nitrogen and oxygen atoms in total. The van der Waals surface area contributed by atoms with E-state index in [1.165, 1.54) is 5.56 Å². The van der Waals surface area contributed by atoms with E-state index >= 15 is 0 Å². The maximum absolute atomic E-state index is 5.77. The molecule has 0 aliphatic heterocycles. The van der Waals surface area contributed by atoms with Crippen molar-refractivity contribution in [3.8, 4) is 12.0 Å². The second-order valence-corrected chi connectivity index (χ2v) is 8.40. The summed E-state index contributed by atoms with van der Waals surface area (Å²) in [5.41, 5.74) is 3.69. The average molecular weight is 443 g/mol. The van der Waals surface area contributed by atoms with Crippen molar-refractivity contribution >= 4 is 11.6 Å². The van der Waals surface area contributed by atoms with Crippen LogP contribution in [0.2, 0.25) is 0 Å². The van der Waals surface area contributed by atoms with Gasteiger partial charge in [-0.15, -0.1) is 4.98 Å². The van der Waals surface area contributed by atoms with Gasteiger partial charge in [-0.3, -0.25) is 9.97 Å². The van der Waals surface area contributed by atoms with Crippen molar-refractivity contribution in [2.75, 3.05) is 5.32 Å². The van der Waals surface area contributed by atoms with Crippen LogP contribution >= 0.6 is 0 Å². The Bertz CT molecular complexity index is 1100. The van der Waals surface area contributed by atoms with Gasteiger partial charge in [0.2, 0.25) is 5.95 Å². The van der Waals surface area contributed by atoms with Gasteiger partial charge in [-0.1, -0.05) is 45.0 Å². The smallest absolute Gasteiger partial charge is 0.324 e. The molecule has 0 fully saturated rings. The van der Waals surface area contributed by atoms with E-state index in [-0.39, 0.29) is 30.6 Å². The fraction of sp³-hybridized carbons (Fsp3) is 0.240. The number of ether oxygens (including phenoxy) is 2. The van der Waals surface area contributed by atoms with Crippen molar-refractivity contribution in [2.45, 2.75) is 39.4 Å². The van der Waals surface area contributed by atoms with Gasteiger partial charge in [0.25, 0.3) is 0 Å². The highest BCUT2D eigenvalue weighted by atomic mass is 16.5. The topological polar surface area (TPSA) is 94.9 Å². The minimum absolute atomic E-state index is 0.0741. The molecule has 0 atom stereocenters. The van der Waals surface area contributed by atoms with E-state index < -0.39 is 0 Å². The van der Waals surface area contributed by atoms with E-state index in [9.17, 15) is 0 Å². The molecule has 0 unspecified atom stereocenters. The summed E-state index contributed by atoms with van der Waals surface area (Å²) in [6, 6.07) is 19.7. The Morgan fingerprint density at radius 2 is 1.24 bits per heavy atom. The van der Waals surface area contributed by atoms with Crippen LogP contribution in [0.1, 0.15) is 37.7 Å². The molecule has 4 rings (SSSR count). The Hall–Kier alpha value is -4.07. The lowest BCUT2D eigenvalue weighted by molar-refractivity contribution is 0.246. The van der Waals surface area contributed by atoms with Crippen LogP contribution in [0, 0.1) is 0 Å². The predicted octanol–water partition coefficient (Wildman–Crippen LogP) is 4.86. The van der Waals surface area contributed by atoms with Gasteiger partial charge in [0.05, 0.1) is 11.4 Å². The number of hydrogen-bond acceptors (Lipinski definition) is 8. The molecule has 0 saturated carbocycles. The van der Waals surface area contributed by atoms with Gasteiger partial charge < -0.3 is 14.8 Å². The fourth-order valence-corrected chi connectivity index (χ4v) is 2.95. The average Bonchev–Trinajstić information content (AvgIpc) is 2.82. The number of benzene rings is 1. The molecule has 0 radical (unpaired) electrons. The second-order valence-electron chi connectivity index (χ2n) is 8.40. The zero-order valence-corrected chi connectivity index (χ0v) is 18.9. The van der Waals surface area contributed by atoms with Crippen LogP contribution in [0.3, 0.4) is 0 Å². The minimum atomic E-state index is 0.0741. The predicted molar refractivity (Wildman–Crippen MR) is 125 cm³/mol. The standard InChI is InChI=1S/C25H26N6O2/c1-25(2,3)18-10-12-19(13-11-18)28-22-29-23(32-16-20-8-4-6-14-26-20)31-24(30-22)33-17-21-9-5-7-15-27-21/h4-15H,16-17H2,1-3H3,(H,28,29,30,31). The van der Waals surface area contributed by atoms with Crippen LogP contribution in [-0.4, -0.2) is 24.9 Å². The molecule has 0 bridgehead atoms. The Morgan fingerprint density at radius 1 is 0.697 bits per heavy atom. The molecule has 33 heavy (non-hydrogen) atoms. The molecule has 1 aromatic carbocycles. The summed E-state index contributed by atoms with van der Waals surface area (Å²) < 4.78 is 11.5. The molecule has 1 N–H and O–H groups in total. The third-order valence-electron chi connectivity index (χ3n) is 4.75. The lowest BCUT2D eigenvalue weighted by Gasteiger charge is -2.19. The first kappa shape index (κ1) is 22.1. The van der Waals surface area contributed by atoms with Gasteiger partial charge in [0.15, 0.2) is 0 Å². The Morgan fingerprint density at radius 3 is 1.70 bits per heavy atom. The monoisotopic (exact) mass is 442 g/mol. The Labute approximate surface area is 193 Å². The van der Waals surface area contributed by atoms with E-state index in [0.717, 1.165) is 17.1 Å². The van der Waals surface area contributed by atoms with Gasteiger partial charge in [-0.25, -0.2) is 0 Å². The quantitative estimate of drug-likeness (QED) is 0.413. The maximum Gasteiger partial charge on any atom is 0.324 e. The van der Waals surface area contributed by atoms with Crippen LogP contribution in [0.15, 0.2) is 73.1 Å². The molecule has 3 heterocycles. The Balaban J connectivity index is 1.53. The summed E-state index contributed by atoms with van der Waals surface area (Å²) in [6.45, 7) is 6.99. The van der Waals surface area contributed by atoms with Crippen molar-refractivity contribution in [3.63, 3.8) is 0 Å². The first-order valence-corrected chi connectivity index (χ1v) is 10.6. The van der Waals surface area contributed by atoms with Crippen molar-refractivity contribution in [2.24, 2.45) is 0 Å². The molecular weight excluding hydrogens is 416 g/mol. The SMILES string of the molecule is CC(C)(C)c1ccc(Nc2nc(OCc3ccccn3)nc(OCc3ccccn3)n2)cc1. The van der Waals surface area contributed by atoms with E-state index in [1.54, 1.807) is 12.4 Å². The largest absolute Gasteiger partial charge is 0.457 e. The summed E-state index contributed by atoms with van der Waals surface area (Å²) in [6.07, 6.45) is 3.42. The number of hydrogen-bond donors (Lipinski definition) is 1. The molecule has 0 amide bonds. The summed E-state index contributed by atoms with van der Waals surface area (Å²) in [7, 11) is 0. The molecule has 0 spiro atoms. The van der Waals surface area contributed by atoms with Crippen LogP contribution in [0.5, 0.6) is 12.0 Å². The number of nitrogens with one attached hydrogen (secondary N) is 1. The third-order valence-corrected chi connectivity index (χ3v) is 4.75. The van der Waals surface area contributed by atoms with Crippen LogP contribution in [0.25, 0.3) is 0 Å². The van der Waals surface area contributed by atoms with Crippen LogP contribution in [-0.2, 0) is 18.6 Å². The van der Waals surface area contributed by atoms with Crippen molar-refractivity contribution < 1.29 is 9.47 Å². The van der Waals surface area contributed by atoms with Crippen molar-refractivity contribution in [3.05, 3.63) is 90.0 Å². The molecule has 0 saturated heterocycles. The van der Waals surface area contributed by atoms with E-state index in [4.69, 9.17) is 9.47 Å². The van der Waals surface area contributed by atoms with Crippen molar-refractivity contribution in [1.82, 2.24) is 24.9 Å². The lowest BCUT2D eigenvalue weighted by atomic mass is 9.87. The Kier molecular flexibility index (Phi) is 6.73. The van der Waals surface area contributed by atoms with E-state index in [1.807, 2.05) is 48.5 Å². The number of pyridine rings is 2. The maximum atomic E-state index is 5.77. The number of anilines is 2. The molecule has 3 aromatic heterocycles. The number of aromatic nitrogens is 5. The first-order chi connectivity index (χ1) is 16.0. The lowest BCUT2D eigenvalue weighted by Crippen LogP contribution is -2.11. The minimum Gasteiger partial charge on any atom is -0.457 e. The molecule has 0 aliphatic carbocycles. The molecular formula is C25H26N6O2. The highest BCUT2D eigenvalue weighted by Gasteiger charge is 2.14. The number of nitrogens with zero attached hydrogens (tertiary/aromatic N) is 5. The summed E-state index contributed by atoms with van der Waals surface area (Å²) in [5, 5.41) is 3.21. The molecule has 8 heteroatoms. The third kappa shape index (κ3) is 6.46. The van der Waals surface area contributed by atoms with Gasteiger partial charge in [0.1, 0.15) is 13.2 Å². The molecule has 0 aliphatic rings. The van der Waals surface area contributed by atoms with E-state index in [0.29, 0.717) is 5.95 Å². The van der Waals surface area contributed by atoms with Gasteiger partial charge in [-0.2, -0.15) is 9.97 Å². The number of rotatable bonds is 8. The van der Waals surface area contributed by atoms with Gasteiger partial charge in [-0.05, 0) is 47.4 Å². The zero-order valence-electron chi connectivity index (χ0n) is 18.9. The zero-order chi connectivity index (χ0) is 23.1. The van der Waals surface area contributed by atoms with Crippen molar-refractivity contribution in [1.29, 1.82) is 0 Å². The van der Waals surface area contributed by atoms with Crippen LogP contribution < -0.4 is 14.8 Å². The summed E-state index contributed by atoms with van der Waals surface area (Å²) in [4.78, 5) is 21.6. The summed E-state index contributed by atoms with van der Waals surface area (Å²) >= 11 is 0. The second kappa shape index (κ2) is 10.0. The summed E-state index contributed by atoms with van der Waals surface area (Å²) in [5.74, 6) is 0.320. The van der Waals surface area contributed by atoms with Gasteiger partial charge in [0, 0.05) is 18.1 Å². The van der Waals surface area contributed by atoms with Gasteiger partial charge >= 0.3 is 12.0 Å². The highest BCUT2D eigenvalue weighted by molar-refractivity contribution is 5.54.